The Kier molecular flexibility index (Phi) is 4.94. The average Bonchev–Trinajstić information content (AvgIpc) is 2.80. The highest BCUT2D eigenvalue weighted by Gasteiger charge is 2.12. The van der Waals surface area contributed by atoms with E-state index in [9.17, 15) is 4.79 Å². The van der Waals surface area contributed by atoms with Gasteiger partial charge in [0.2, 0.25) is 17.7 Å². The number of ether oxygens (including phenoxy) is 2. The van der Waals surface area contributed by atoms with Crippen molar-refractivity contribution in [2.45, 2.75) is 13.0 Å². The van der Waals surface area contributed by atoms with Gasteiger partial charge in [0, 0.05) is 32.7 Å². The number of aromatic nitrogens is 3. The number of imidazole rings is 1. The number of carbonyl (C=O) groups excluding carboxylic acids is 1. The molecule has 0 radical (unpaired) electrons. The van der Waals surface area contributed by atoms with Gasteiger partial charge >= 0.3 is 0 Å². The van der Waals surface area contributed by atoms with Gasteiger partial charge in [-0.2, -0.15) is 4.98 Å². The number of nitrogen functional groups attached to an aromatic ring is 1. The number of hydrogen-bond acceptors (Lipinski definition) is 6. The molecule has 0 saturated carbocycles. The van der Waals surface area contributed by atoms with Crippen LogP contribution in [0.15, 0.2) is 12.1 Å². The molecule has 2 rings (SSSR count). The Morgan fingerprint density at radius 1 is 1.38 bits per heavy atom. The van der Waals surface area contributed by atoms with E-state index in [1.807, 2.05) is 0 Å². The summed E-state index contributed by atoms with van der Waals surface area (Å²) in [4.78, 5) is 20.2. The van der Waals surface area contributed by atoms with Crippen molar-refractivity contribution in [3.05, 3.63) is 12.1 Å². The van der Waals surface area contributed by atoms with E-state index < -0.39 is 0 Å². The maximum Gasteiger partial charge on any atom is 0.221 e. The first-order valence-electron chi connectivity index (χ1n) is 6.58. The van der Waals surface area contributed by atoms with Crippen LogP contribution in [0.5, 0.6) is 5.88 Å². The summed E-state index contributed by atoms with van der Waals surface area (Å²) >= 11 is 0. The zero-order valence-electron chi connectivity index (χ0n) is 12.1. The summed E-state index contributed by atoms with van der Waals surface area (Å²) in [5, 5.41) is 2.75. The molecule has 3 N–H and O–H groups in total. The van der Waals surface area contributed by atoms with Gasteiger partial charge in [0.25, 0.3) is 0 Å². The topological polar surface area (TPSA) is 104 Å². The lowest BCUT2D eigenvalue weighted by Gasteiger charge is -2.07. The summed E-state index contributed by atoms with van der Waals surface area (Å²) in [6, 6.07) is 3.50. The van der Waals surface area contributed by atoms with E-state index in [4.69, 9.17) is 15.2 Å². The monoisotopic (exact) mass is 293 g/mol. The predicted molar refractivity (Wildman–Crippen MR) is 78.0 cm³/mol. The highest BCUT2D eigenvalue weighted by atomic mass is 16.5. The molecule has 2 aromatic rings. The predicted octanol–water partition coefficient (Wildman–Crippen LogP) is 0.175. The van der Waals surface area contributed by atoms with Gasteiger partial charge in [-0.15, -0.1) is 0 Å². The molecule has 0 spiro atoms. The smallest absolute Gasteiger partial charge is 0.221 e. The van der Waals surface area contributed by atoms with Crippen molar-refractivity contribution >= 4 is 23.0 Å². The first kappa shape index (κ1) is 15.0. The van der Waals surface area contributed by atoms with Crippen molar-refractivity contribution in [3.8, 4) is 5.88 Å². The number of rotatable bonds is 7. The molecule has 8 nitrogen and oxygen atoms in total. The minimum absolute atomic E-state index is 0.0730. The molecule has 0 aliphatic heterocycles. The molecule has 114 valence electrons. The number of anilines is 1. The fourth-order valence-corrected chi connectivity index (χ4v) is 1.93. The maximum atomic E-state index is 11.7. The molecule has 8 heteroatoms. The molecule has 2 heterocycles. The zero-order chi connectivity index (χ0) is 15.2. The Morgan fingerprint density at radius 2 is 2.19 bits per heavy atom. The quantitative estimate of drug-likeness (QED) is 0.705. The molecule has 0 unspecified atom stereocenters. The third-order valence-corrected chi connectivity index (χ3v) is 3.00. The summed E-state index contributed by atoms with van der Waals surface area (Å²) in [6.45, 7) is 1.38. The van der Waals surface area contributed by atoms with E-state index in [2.05, 4.69) is 15.3 Å². The molecule has 0 aliphatic rings. The second-order valence-corrected chi connectivity index (χ2v) is 4.41. The molecule has 0 aliphatic carbocycles. The van der Waals surface area contributed by atoms with Gasteiger partial charge in [0.05, 0.1) is 13.7 Å². The number of amides is 1. The van der Waals surface area contributed by atoms with Crippen LogP contribution >= 0.6 is 0 Å². The normalized spacial score (nSPS) is 10.8. The van der Waals surface area contributed by atoms with E-state index in [0.29, 0.717) is 42.7 Å². The second-order valence-electron chi connectivity index (χ2n) is 4.41. The minimum atomic E-state index is -0.0730. The number of pyridine rings is 1. The third-order valence-electron chi connectivity index (χ3n) is 3.00. The number of hydrogen-bond donors (Lipinski definition) is 2. The Hall–Kier alpha value is -2.35. The van der Waals surface area contributed by atoms with E-state index >= 15 is 0 Å². The van der Waals surface area contributed by atoms with E-state index in [0.717, 1.165) is 0 Å². The van der Waals surface area contributed by atoms with Crippen LogP contribution in [0, 0.1) is 0 Å². The zero-order valence-corrected chi connectivity index (χ0v) is 12.1. The van der Waals surface area contributed by atoms with Crippen LogP contribution in [0.1, 0.15) is 6.42 Å². The van der Waals surface area contributed by atoms with E-state index in [-0.39, 0.29) is 12.3 Å². The van der Waals surface area contributed by atoms with Gasteiger partial charge in [-0.25, -0.2) is 4.98 Å². The molecule has 1 amide bonds. The van der Waals surface area contributed by atoms with Gasteiger partial charge in [0.1, 0.15) is 5.52 Å². The lowest BCUT2D eigenvalue weighted by molar-refractivity contribution is -0.121. The molecule has 21 heavy (non-hydrogen) atoms. The summed E-state index contributed by atoms with van der Waals surface area (Å²) in [5.74, 6) is 0.736. The van der Waals surface area contributed by atoms with Crippen molar-refractivity contribution in [3.63, 3.8) is 0 Å². The van der Waals surface area contributed by atoms with Crippen molar-refractivity contribution in [2.24, 2.45) is 0 Å². The number of nitrogens with one attached hydrogen (secondary N) is 1. The lowest BCUT2D eigenvalue weighted by atomic mass is 10.3. The number of carbonyl (C=O) groups is 1. The van der Waals surface area contributed by atoms with Gasteiger partial charge in [0.15, 0.2) is 5.65 Å². The number of nitrogens with two attached hydrogens (primary N) is 1. The Labute approximate surface area is 122 Å². The fourth-order valence-electron chi connectivity index (χ4n) is 1.93. The van der Waals surface area contributed by atoms with Crippen LogP contribution in [-0.4, -0.2) is 47.8 Å². The fraction of sp³-hybridized carbons (Fsp3) is 0.462. The average molecular weight is 293 g/mol. The number of nitrogens with zero attached hydrogens (tertiary/aromatic N) is 3. The summed E-state index contributed by atoms with van der Waals surface area (Å²) in [5.41, 5.74) is 7.15. The van der Waals surface area contributed by atoms with Crippen LogP contribution < -0.4 is 15.8 Å². The highest BCUT2D eigenvalue weighted by Crippen LogP contribution is 2.19. The molecule has 0 fully saturated rings. The van der Waals surface area contributed by atoms with Crippen LogP contribution in [0.3, 0.4) is 0 Å². The van der Waals surface area contributed by atoms with Crippen molar-refractivity contribution in [2.75, 3.05) is 33.1 Å². The van der Waals surface area contributed by atoms with Gasteiger partial charge in [-0.05, 0) is 6.07 Å². The van der Waals surface area contributed by atoms with Crippen LogP contribution in [0.4, 0.5) is 5.95 Å². The Morgan fingerprint density at radius 3 is 2.90 bits per heavy atom. The molecule has 0 aromatic carbocycles. The maximum absolute atomic E-state index is 11.7. The standard InChI is InChI=1S/C13H19N5O3/c1-20-8-6-15-10(19)5-7-18-12-9(16-13(18)14)3-4-11(17-12)21-2/h3-4H,5-8H2,1-2H3,(H2,14,16)(H,15,19). The third kappa shape index (κ3) is 3.60. The number of aryl methyl sites for hydroxylation is 1. The van der Waals surface area contributed by atoms with Gasteiger partial charge in [-0.1, -0.05) is 0 Å². The van der Waals surface area contributed by atoms with Gasteiger partial charge < -0.3 is 20.5 Å². The minimum Gasteiger partial charge on any atom is -0.481 e. The highest BCUT2D eigenvalue weighted by molar-refractivity contribution is 5.77. The second kappa shape index (κ2) is 6.89. The summed E-state index contributed by atoms with van der Waals surface area (Å²) in [6.07, 6.45) is 0.290. The largest absolute Gasteiger partial charge is 0.481 e. The molecule has 0 atom stereocenters. The van der Waals surface area contributed by atoms with Crippen molar-refractivity contribution < 1.29 is 14.3 Å². The Bertz CT molecular complexity index is 626. The van der Waals surface area contributed by atoms with Crippen LogP contribution in [-0.2, 0) is 16.1 Å². The molecular formula is C13H19N5O3. The first-order chi connectivity index (χ1) is 10.2. The van der Waals surface area contributed by atoms with Gasteiger partial charge in [-0.3, -0.25) is 9.36 Å². The van der Waals surface area contributed by atoms with E-state index in [1.54, 1.807) is 30.9 Å². The lowest BCUT2D eigenvalue weighted by Crippen LogP contribution is -2.27. The summed E-state index contributed by atoms with van der Waals surface area (Å²) in [7, 11) is 3.13. The summed E-state index contributed by atoms with van der Waals surface area (Å²) < 4.78 is 11.7. The molecule has 0 saturated heterocycles. The number of fused-ring (bicyclic) bond motifs is 1. The van der Waals surface area contributed by atoms with Crippen molar-refractivity contribution in [1.29, 1.82) is 0 Å². The SMILES string of the molecule is COCCNC(=O)CCn1c(N)nc2ccc(OC)nc21. The van der Waals surface area contributed by atoms with Crippen LogP contribution in [0.25, 0.3) is 11.2 Å². The molecule has 2 aromatic heterocycles. The van der Waals surface area contributed by atoms with Crippen LogP contribution in [0.2, 0.25) is 0 Å². The molecule has 0 bridgehead atoms. The number of methoxy groups -OCH3 is 2. The first-order valence-corrected chi connectivity index (χ1v) is 6.58. The Balaban J connectivity index is 2.07. The molecular weight excluding hydrogens is 274 g/mol. The van der Waals surface area contributed by atoms with E-state index in [1.165, 1.54) is 0 Å². The van der Waals surface area contributed by atoms with Crippen molar-refractivity contribution in [1.82, 2.24) is 19.9 Å².